The number of hydrogen-bond donors (Lipinski definition) is 2. The van der Waals surface area contributed by atoms with Crippen molar-refractivity contribution in [3.05, 3.63) is 35.4 Å². The van der Waals surface area contributed by atoms with E-state index in [-0.39, 0.29) is 12.2 Å². The van der Waals surface area contributed by atoms with Crippen molar-refractivity contribution in [1.82, 2.24) is 5.32 Å². The summed E-state index contributed by atoms with van der Waals surface area (Å²) in [5.74, 6) is -3.61. The van der Waals surface area contributed by atoms with E-state index >= 15 is 0 Å². The second-order valence-corrected chi connectivity index (χ2v) is 4.30. The molecule has 0 aliphatic heterocycles. The summed E-state index contributed by atoms with van der Waals surface area (Å²) in [4.78, 5) is 23.0. The van der Waals surface area contributed by atoms with Gasteiger partial charge in [-0.05, 0) is 26.0 Å². The van der Waals surface area contributed by atoms with Crippen molar-refractivity contribution in [2.24, 2.45) is 0 Å². The maximum Gasteiger partial charge on any atom is 0.339 e. The Hall–Kier alpha value is -2.02. The van der Waals surface area contributed by atoms with Gasteiger partial charge < -0.3 is 15.2 Å². The van der Waals surface area contributed by atoms with Gasteiger partial charge in [0, 0.05) is 6.07 Å². The van der Waals surface area contributed by atoms with Gasteiger partial charge in [-0.2, -0.15) is 0 Å². The number of benzene rings is 1. The fourth-order valence-electron chi connectivity index (χ4n) is 1.38. The van der Waals surface area contributed by atoms with Gasteiger partial charge in [0.1, 0.15) is 11.6 Å². The van der Waals surface area contributed by atoms with Crippen LogP contribution in [0, 0.1) is 11.6 Å². The molecular formula is C13H15F2NO4. The lowest BCUT2D eigenvalue weighted by Gasteiger charge is -2.21. The van der Waals surface area contributed by atoms with E-state index in [9.17, 15) is 23.5 Å². The van der Waals surface area contributed by atoms with E-state index in [0.29, 0.717) is 6.07 Å². The van der Waals surface area contributed by atoms with Gasteiger partial charge in [-0.1, -0.05) is 0 Å². The van der Waals surface area contributed by atoms with E-state index in [4.69, 9.17) is 0 Å². The van der Waals surface area contributed by atoms with Crippen molar-refractivity contribution in [2.75, 3.05) is 13.2 Å². The highest BCUT2D eigenvalue weighted by Crippen LogP contribution is 2.10. The Morgan fingerprint density at radius 3 is 2.60 bits per heavy atom. The van der Waals surface area contributed by atoms with Crippen LogP contribution in [0.15, 0.2) is 18.2 Å². The molecule has 0 unspecified atom stereocenters. The molecule has 0 bridgehead atoms. The number of aliphatic hydroxyl groups is 1. The number of esters is 1. The lowest BCUT2D eigenvalue weighted by molar-refractivity contribution is -0.162. The smallest absolute Gasteiger partial charge is 0.339 e. The third kappa shape index (κ3) is 3.99. The summed E-state index contributed by atoms with van der Waals surface area (Å²) in [6.07, 6.45) is 0. The number of hydrogen-bond acceptors (Lipinski definition) is 4. The Balaban J connectivity index is 2.70. The number of carbonyl (C=O) groups is 2. The molecule has 1 amide bonds. The molecule has 0 radical (unpaired) electrons. The molecular weight excluding hydrogens is 272 g/mol. The van der Waals surface area contributed by atoms with Crippen molar-refractivity contribution >= 4 is 11.9 Å². The molecule has 0 saturated heterocycles. The van der Waals surface area contributed by atoms with Gasteiger partial charge in [-0.15, -0.1) is 0 Å². The zero-order chi connectivity index (χ0) is 15.3. The average Bonchev–Trinajstić information content (AvgIpc) is 2.36. The van der Waals surface area contributed by atoms with E-state index < -0.39 is 35.7 Å². The number of ether oxygens (including phenoxy) is 1. The molecule has 0 saturated carbocycles. The Morgan fingerprint density at radius 1 is 1.40 bits per heavy atom. The predicted molar refractivity (Wildman–Crippen MR) is 65.9 cm³/mol. The van der Waals surface area contributed by atoms with Gasteiger partial charge in [0.2, 0.25) is 0 Å². The molecule has 5 nitrogen and oxygen atoms in total. The second-order valence-electron chi connectivity index (χ2n) is 4.30. The van der Waals surface area contributed by atoms with Crippen molar-refractivity contribution < 1.29 is 28.2 Å². The molecule has 0 heterocycles. The number of carbonyl (C=O) groups excluding carboxylic acids is 2. The van der Waals surface area contributed by atoms with Crippen LogP contribution in [-0.4, -0.2) is 35.7 Å². The Labute approximate surface area is 114 Å². The minimum Gasteiger partial charge on any atom is -0.464 e. The third-order valence-electron chi connectivity index (χ3n) is 2.48. The summed E-state index contributed by atoms with van der Waals surface area (Å²) in [5.41, 5.74) is -2.31. The topological polar surface area (TPSA) is 75.6 Å². The second kappa shape index (κ2) is 6.42. The first-order chi connectivity index (χ1) is 9.27. The Kier molecular flexibility index (Phi) is 5.15. The van der Waals surface area contributed by atoms with Crippen LogP contribution in [0.25, 0.3) is 0 Å². The summed E-state index contributed by atoms with van der Waals surface area (Å²) in [5, 5.41) is 12.0. The van der Waals surface area contributed by atoms with Crippen molar-refractivity contribution in [1.29, 1.82) is 0 Å². The highest BCUT2D eigenvalue weighted by Gasteiger charge is 2.32. The number of halogens is 2. The van der Waals surface area contributed by atoms with Crippen LogP contribution < -0.4 is 5.32 Å². The summed E-state index contributed by atoms with van der Waals surface area (Å²) in [6, 6.07) is 2.47. The molecule has 0 aliphatic carbocycles. The monoisotopic (exact) mass is 287 g/mol. The summed E-state index contributed by atoms with van der Waals surface area (Å²) in [6.45, 7) is 2.35. The summed E-state index contributed by atoms with van der Waals surface area (Å²) in [7, 11) is 0. The first-order valence-electron chi connectivity index (χ1n) is 5.90. The van der Waals surface area contributed by atoms with Gasteiger partial charge in [0.05, 0.1) is 18.7 Å². The maximum absolute atomic E-state index is 13.3. The zero-order valence-electron chi connectivity index (χ0n) is 11.1. The van der Waals surface area contributed by atoms with Crippen molar-refractivity contribution in [3.8, 4) is 0 Å². The van der Waals surface area contributed by atoms with Crippen LogP contribution in [0.4, 0.5) is 8.78 Å². The van der Waals surface area contributed by atoms with Gasteiger partial charge in [-0.25, -0.2) is 13.6 Å². The van der Waals surface area contributed by atoms with E-state index in [0.717, 1.165) is 19.1 Å². The molecule has 7 heteroatoms. The van der Waals surface area contributed by atoms with Crippen LogP contribution >= 0.6 is 0 Å². The van der Waals surface area contributed by atoms with Crippen LogP contribution in [0.3, 0.4) is 0 Å². The van der Waals surface area contributed by atoms with Gasteiger partial charge in [-0.3, -0.25) is 4.79 Å². The number of amides is 1. The molecule has 0 aromatic heterocycles. The first-order valence-corrected chi connectivity index (χ1v) is 5.90. The van der Waals surface area contributed by atoms with E-state index in [1.54, 1.807) is 6.92 Å². The van der Waals surface area contributed by atoms with Crippen LogP contribution in [-0.2, 0) is 9.53 Å². The minimum absolute atomic E-state index is 0.0789. The maximum atomic E-state index is 13.3. The normalized spacial score (nSPS) is 13.4. The van der Waals surface area contributed by atoms with Crippen molar-refractivity contribution in [2.45, 2.75) is 19.4 Å². The van der Waals surface area contributed by atoms with E-state index in [2.05, 4.69) is 10.1 Å². The SMILES string of the molecule is CCOC(=O)[C@](C)(O)CNC(=O)c1ccc(F)cc1F. The van der Waals surface area contributed by atoms with Gasteiger partial charge in [0.25, 0.3) is 5.91 Å². The van der Waals surface area contributed by atoms with Gasteiger partial charge in [0.15, 0.2) is 5.60 Å². The minimum atomic E-state index is -1.93. The van der Waals surface area contributed by atoms with Crippen molar-refractivity contribution in [3.63, 3.8) is 0 Å². The van der Waals surface area contributed by atoms with Crippen LogP contribution in [0.5, 0.6) is 0 Å². The molecule has 1 atom stereocenters. The fourth-order valence-corrected chi connectivity index (χ4v) is 1.38. The first kappa shape index (κ1) is 16.0. The fraction of sp³-hybridized carbons (Fsp3) is 0.385. The number of nitrogens with one attached hydrogen (secondary N) is 1. The van der Waals surface area contributed by atoms with Gasteiger partial charge >= 0.3 is 5.97 Å². The molecule has 1 rings (SSSR count). The number of rotatable bonds is 5. The predicted octanol–water partition coefficient (Wildman–Crippen LogP) is 1.01. The lowest BCUT2D eigenvalue weighted by atomic mass is 10.1. The third-order valence-corrected chi connectivity index (χ3v) is 2.48. The Morgan fingerprint density at radius 2 is 2.05 bits per heavy atom. The van der Waals surface area contributed by atoms with E-state index in [1.165, 1.54) is 0 Å². The molecule has 2 N–H and O–H groups in total. The standard InChI is InChI=1S/C13H15F2NO4/c1-3-20-12(18)13(2,19)7-16-11(17)9-5-4-8(14)6-10(9)15/h4-6,19H,3,7H2,1-2H3,(H,16,17)/t13-/m1/s1. The Bertz CT molecular complexity index is 517. The van der Waals surface area contributed by atoms with E-state index in [1.807, 2.05) is 0 Å². The molecule has 1 aromatic carbocycles. The van der Waals surface area contributed by atoms with Crippen LogP contribution in [0.2, 0.25) is 0 Å². The quantitative estimate of drug-likeness (QED) is 0.792. The molecule has 0 spiro atoms. The largest absolute Gasteiger partial charge is 0.464 e. The molecule has 0 aliphatic rings. The summed E-state index contributed by atoms with van der Waals surface area (Å²) < 4.78 is 30.7. The molecule has 110 valence electrons. The van der Waals surface area contributed by atoms with Crippen LogP contribution in [0.1, 0.15) is 24.2 Å². The highest BCUT2D eigenvalue weighted by atomic mass is 19.1. The molecule has 0 fully saturated rings. The molecule has 20 heavy (non-hydrogen) atoms. The molecule has 1 aromatic rings. The zero-order valence-corrected chi connectivity index (χ0v) is 11.1. The summed E-state index contributed by atoms with van der Waals surface area (Å²) >= 11 is 0. The highest BCUT2D eigenvalue weighted by molar-refractivity contribution is 5.95. The average molecular weight is 287 g/mol. The lowest BCUT2D eigenvalue weighted by Crippen LogP contribution is -2.47.